The maximum atomic E-state index is 10.3. The van der Waals surface area contributed by atoms with Crippen LogP contribution in [0.15, 0.2) is 0 Å². The van der Waals surface area contributed by atoms with Crippen LogP contribution < -0.4 is 5.32 Å². The molecule has 1 heterocycles. The van der Waals surface area contributed by atoms with Gasteiger partial charge < -0.3 is 10.4 Å². The predicted octanol–water partition coefficient (Wildman–Crippen LogP) is 1.78. The second kappa shape index (κ2) is 4.86. The zero-order valence-corrected chi connectivity index (χ0v) is 9.61. The third-order valence-electron chi connectivity index (χ3n) is 3.42. The molecule has 1 saturated heterocycles. The Hall–Kier alpha value is 0.270. The van der Waals surface area contributed by atoms with E-state index in [0.29, 0.717) is 0 Å². The Morgan fingerprint density at radius 3 is 2.50 bits per heavy atom. The van der Waals surface area contributed by atoms with Gasteiger partial charge in [-0.2, -0.15) is 11.8 Å². The van der Waals surface area contributed by atoms with Crippen molar-refractivity contribution in [2.75, 3.05) is 18.8 Å². The summed E-state index contributed by atoms with van der Waals surface area (Å²) in [6, 6.07) is 0. The Labute approximate surface area is 90.8 Å². The van der Waals surface area contributed by atoms with Crippen LogP contribution in [0.1, 0.15) is 38.5 Å². The van der Waals surface area contributed by atoms with Crippen molar-refractivity contribution in [1.29, 1.82) is 0 Å². The van der Waals surface area contributed by atoms with Gasteiger partial charge in [0.25, 0.3) is 0 Å². The summed E-state index contributed by atoms with van der Waals surface area (Å²) in [6.45, 7) is 1.98. The molecule has 1 aliphatic carbocycles. The summed E-state index contributed by atoms with van der Waals surface area (Å²) >= 11 is 2.01. The second-order valence-electron chi connectivity index (χ2n) is 4.69. The molecule has 1 saturated carbocycles. The highest BCUT2D eigenvalue weighted by Crippen LogP contribution is 2.33. The van der Waals surface area contributed by atoms with E-state index in [1.165, 1.54) is 25.7 Å². The molecule has 1 aliphatic heterocycles. The van der Waals surface area contributed by atoms with Crippen LogP contribution in [-0.2, 0) is 0 Å². The molecule has 0 radical (unpaired) electrons. The maximum Gasteiger partial charge on any atom is 0.0762 e. The van der Waals surface area contributed by atoms with Crippen molar-refractivity contribution in [1.82, 2.24) is 5.32 Å². The molecule has 2 N–H and O–H groups in total. The number of hydrogen-bond acceptors (Lipinski definition) is 3. The molecule has 0 aromatic heterocycles. The van der Waals surface area contributed by atoms with Crippen LogP contribution >= 0.6 is 11.8 Å². The molecule has 0 aromatic carbocycles. The van der Waals surface area contributed by atoms with Gasteiger partial charge in [-0.05, 0) is 38.8 Å². The van der Waals surface area contributed by atoms with Gasteiger partial charge in [-0.25, -0.2) is 0 Å². The maximum absolute atomic E-state index is 10.3. The number of thioether (sulfide) groups is 1. The molecular formula is C11H21NOS. The van der Waals surface area contributed by atoms with Gasteiger partial charge in [0.15, 0.2) is 0 Å². The van der Waals surface area contributed by atoms with Crippen molar-refractivity contribution in [3.8, 4) is 0 Å². The van der Waals surface area contributed by atoms with Crippen LogP contribution in [0.3, 0.4) is 0 Å². The van der Waals surface area contributed by atoms with Crippen LogP contribution in [0.25, 0.3) is 0 Å². The molecule has 2 nitrogen and oxygen atoms in total. The van der Waals surface area contributed by atoms with E-state index in [0.717, 1.165) is 36.9 Å². The van der Waals surface area contributed by atoms with E-state index in [-0.39, 0.29) is 5.60 Å². The Morgan fingerprint density at radius 2 is 1.86 bits per heavy atom. The van der Waals surface area contributed by atoms with Gasteiger partial charge >= 0.3 is 0 Å². The summed E-state index contributed by atoms with van der Waals surface area (Å²) in [5.74, 6) is 0.958. The summed E-state index contributed by atoms with van der Waals surface area (Å²) in [7, 11) is 0. The van der Waals surface area contributed by atoms with Crippen molar-refractivity contribution in [2.24, 2.45) is 0 Å². The monoisotopic (exact) mass is 215 g/mol. The molecule has 3 heteroatoms. The molecule has 0 bridgehead atoms. The fraction of sp³-hybridized carbons (Fsp3) is 1.00. The highest BCUT2D eigenvalue weighted by Gasteiger charge is 2.30. The largest absolute Gasteiger partial charge is 0.389 e. The van der Waals surface area contributed by atoms with Gasteiger partial charge in [-0.15, -0.1) is 0 Å². The molecule has 82 valence electrons. The summed E-state index contributed by atoms with van der Waals surface area (Å²) in [6.07, 6.45) is 7.42. The van der Waals surface area contributed by atoms with E-state index in [1.54, 1.807) is 0 Å². The molecule has 14 heavy (non-hydrogen) atoms. The third-order valence-corrected chi connectivity index (χ3v) is 5.07. The lowest BCUT2D eigenvalue weighted by molar-refractivity contribution is 0.0338. The minimum absolute atomic E-state index is 0.363. The van der Waals surface area contributed by atoms with Gasteiger partial charge in [0.05, 0.1) is 5.60 Å². The highest BCUT2D eigenvalue weighted by molar-refractivity contribution is 8.00. The lowest BCUT2D eigenvalue weighted by Gasteiger charge is -2.33. The molecule has 0 amide bonds. The average Bonchev–Trinajstić information content (AvgIpc) is 2.69. The third kappa shape index (κ3) is 2.88. The summed E-state index contributed by atoms with van der Waals surface area (Å²) in [5.41, 5.74) is -0.363. The number of rotatable bonds is 3. The average molecular weight is 215 g/mol. The fourth-order valence-corrected chi connectivity index (χ4v) is 3.87. The smallest absolute Gasteiger partial charge is 0.0762 e. The van der Waals surface area contributed by atoms with Gasteiger partial charge in [0, 0.05) is 11.0 Å². The molecule has 2 fully saturated rings. The quantitative estimate of drug-likeness (QED) is 0.752. The van der Waals surface area contributed by atoms with E-state index < -0.39 is 0 Å². The standard InChI is InChI=1S/C11H21NOS/c13-11(5-7-12-8-6-11)9-14-10-3-1-2-4-10/h10,12-13H,1-9H2. The van der Waals surface area contributed by atoms with Crippen molar-refractivity contribution in [3.63, 3.8) is 0 Å². The van der Waals surface area contributed by atoms with E-state index in [1.807, 2.05) is 11.8 Å². The van der Waals surface area contributed by atoms with Crippen LogP contribution in [0.4, 0.5) is 0 Å². The minimum Gasteiger partial charge on any atom is -0.389 e. The van der Waals surface area contributed by atoms with E-state index in [2.05, 4.69) is 5.32 Å². The lowest BCUT2D eigenvalue weighted by atomic mass is 9.95. The molecule has 0 aromatic rings. The molecule has 0 unspecified atom stereocenters. The Morgan fingerprint density at radius 1 is 1.21 bits per heavy atom. The van der Waals surface area contributed by atoms with E-state index in [4.69, 9.17) is 0 Å². The van der Waals surface area contributed by atoms with Crippen LogP contribution in [0, 0.1) is 0 Å². The first-order valence-corrected chi connectivity index (χ1v) is 6.88. The molecule has 0 spiro atoms. The number of piperidine rings is 1. The Balaban J connectivity index is 1.72. The molecular weight excluding hydrogens is 194 g/mol. The topological polar surface area (TPSA) is 32.3 Å². The SMILES string of the molecule is OC1(CSC2CCCC2)CCNCC1. The zero-order valence-electron chi connectivity index (χ0n) is 8.80. The summed E-state index contributed by atoms with van der Waals surface area (Å²) < 4.78 is 0. The molecule has 2 rings (SSSR count). The lowest BCUT2D eigenvalue weighted by Crippen LogP contribution is -2.43. The van der Waals surface area contributed by atoms with Crippen LogP contribution in [0.2, 0.25) is 0 Å². The van der Waals surface area contributed by atoms with Crippen molar-refractivity contribution in [3.05, 3.63) is 0 Å². The first-order valence-electron chi connectivity index (χ1n) is 5.83. The van der Waals surface area contributed by atoms with Crippen molar-refractivity contribution in [2.45, 2.75) is 49.4 Å². The first-order chi connectivity index (χ1) is 6.79. The van der Waals surface area contributed by atoms with Gasteiger partial charge in [-0.3, -0.25) is 0 Å². The molecule has 0 atom stereocenters. The van der Waals surface area contributed by atoms with Crippen molar-refractivity contribution < 1.29 is 5.11 Å². The fourth-order valence-electron chi connectivity index (χ4n) is 2.36. The second-order valence-corrected chi connectivity index (χ2v) is 5.98. The minimum atomic E-state index is -0.363. The normalized spacial score (nSPS) is 28.1. The van der Waals surface area contributed by atoms with E-state index >= 15 is 0 Å². The zero-order chi connectivity index (χ0) is 9.86. The van der Waals surface area contributed by atoms with Gasteiger partial charge in [0.2, 0.25) is 0 Å². The number of hydrogen-bond donors (Lipinski definition) is 2. The van der Waals surface area contributed by atoms with Gasteiger partial charge in [0.1, 0.15) is 0 Å². The Bertz CT molecular complexity index is 174. The Kier molecular flexibility index (Phi) is 3.74. The van der Waals surface area contributed by atoms with E-state index in [9.17, 15) is 5.11 Å². The summed E-state index contributed by atoms with van der Waals surface area (Å²) in [4.78, 5) is 0. The first kappa shape index (κ1) is 10.8. The highest BCUT2D eigenvalue weighted by atomic mass is 32.2. The van der Waals surface area contributed by atoms with Crippen molar-refractivity contribution >= 4 is 11.8 Å². The van der Waals surface area contributed by atoms with Crippen LogP contribution in [-0.4, -0.2) is 34.8 Å². The van der Waals surface area contributed by atoms with Crippen LogP contribution in [0.5, 0.6) is 0 Å². The van der Waals surface area contributed by atoms with Gasteiger partial charge in [-0.1, -0.05) is 12.8 Å². The molecule has 2 aliphatic rings. The number of nitrogens with one attached hydrogen (secondary N) is 1. The number of aliphatic hydroxyl groups is 1. The predicted molar refractivity (Wildman–Crippen MR) is 61.8 cm³/mol. The summed E-state index contributed by atoms with van der Waals surface area (Å²) in [5, 5.41) is 14.4.